The molecule has 0 saturated carbocycles. The number of nitrogens with one attached hydrogen (secondary N) is 1. The van der Waals surface area contributed by atoms with Gasteiger partial charge in [0.05, 0.1) is 0 Å². The lowest BCUT2D eigenvalue weighted by Crippen LogP contribution is -2.38. The zero-order chi connectivity index (χ0) is 12.1. The van der Waals surface area contributed by atoms with Crippen LogP contribution in [0.3, 0.4) is 0 Å². The maximum atomic E-state index is 3.68. The zero-order valence-electron chi connectivity index (χ0n) is 11.2. The van der Waals surface area contributed by atoms with Crippen LogP contribution in [0.2, 0.25) is 0 Å². The van der Waals surface area contributed by atoms with Gasteiger partial charge in [-0.15, -0.1) is 11.3 Å². The molecular formula is C15H25NS. The summed E-state index contributed by atoms with van der Waals surface area (Å²) in [7, 11) is 0. The molecule has 17 heavy (non-hydrogen) atoms. The van der Waals surface area contributed by atoms with Crippen molar-refractivity contribution in [3.8, 4) is 0 Å². The number of piperidine rings is 1. The molecule has 0 spiro atoms. The summed E-state index contributed by atoms with van der Waals surface area (Å²) in [6, 6.07) is 5.38. The van der Waals surface area contributed by atoms with Crippen molar-refractivity contribution in [2.45, 2.75) is 58.4 Å². The Morgan fingerprint density at radius 1 is 1.29 bits per heavy atom. The van der Waals surface area contributed by atoms with Crippen molar-refractivity contribution in [2.24, 2.45) is 5.92 Å². The Labute approximate surface area is 110 Å². The second-order valence-corrected chi connectivity index (χ2v) is 6.46. The van der Waals surface area contributed by atoms with E-state index in [4.69, 9.17) is 0 Å². The quantitative estimate of drug-likeness (QED) is 0.833. The van der Waals surface area contributed by atoms with E-state index in [9.17, 15) is 0 Å². The molecule has 0 aliphatic carbocycles. The van der Waals surface area contributed by atoms with Crippen LogP contribution in [0, 0.1) is 5.92 Å². The summed E-state index contributed by atoms with van der Waals surface area (Å²) in [6.45, 7) is 5.80. The second kappa shape index (κ2) is 6.55. The van der Waals surface area contributed by atoms with E-state index < -0.39 is 0 Å². The molecule has 2 heteroatoms. The van der Waals surface area contributed by atoms with E-state index >= 15 is 0 Å². The maximum Gasteiger partial charge on any atom is 0.00731 e. The van der Waals surface area contributed by atoms with Crippen molar-refractivity contribution in [3.63, 3.8) is 0 Å². The van der Waals surface area contributed by atoms with Gasteiger partial charge in [0, 0.05) is 15.8 Å². The highest BCUT2D eigenvalue weighted by atomic mass is 32.1. The number of hydrogen-bond donors (Lipinski definition) is 1. The first-order valence-electron chi connectivity index (χ1n) is 7.12. The zero-order valence-corrected chi connectivity index (χ0v) is 12.0. The minimum atomic E-state index is 0.765. The highest BCUT2D eigenvalue weighted by Gasteiger charge is 2.19. The van der Waals surface area contributed by atoms with E-state index in [1.165, 1.54) is 49.9 Å². The molecule has 1 aromatic heterocycles. The van der Waals surface area contributed by atoms with Crippen LogP contribution in [0.4, 0.5) is 0 Å². The first-order valence-corrected chi connectivity index (χ1v) is 7.94. The van der Waals surface area contributed by atoms with Gasteiger partial charge in [0.25, 0.3) is 0 Å². The van der Waals surface area contributed by atoms with E-state index in [0.717, 1.165) is 12.0 Å². The smallest absolute Gasteiger partial charge is 0.00731 e. The van der Waals surface area contributed by atoms with Crippen LogP contribution < -0.4 is 5.32 Å². The minimum Gasteiger partial charge on any atom is -0.314 e. The van der Waals surface area contributed by atoms with Gasteiger partial charge < -0.3 is 5.32 Å². The van der Waals surface area contributed by atoms with Gasteiger partial charge in [0.15, 0.2) is 0 Å². The lowest BCUT2D eigenvalue weighted by Gasteiger charge is -2.29. The molecule has 2 heterocycles. The Kier molecular flexibility index (Phi) is 5.05. The molecule has 0 bridgehead atoms. The average molecular weight is 251 g/mol. The van der Waals surface area contributed by atoms with Crippen LogP contribution in [0.15, 0.2) is 12.1 Å². The normalized spacial score (nSPS) is 25.1. The van der Waals surface area contributed by atoms with Crippen LogP contribution in [0.1, 0.15) is 49.3 Å². The Balaban J connectivity index is 1.77. The number of rotatable bonds is 5. The fourth-order valence-corrected chi connectivity index (χ4v) is 3.72. The van der Waals surface area contributed by atoms with Crippen LogP contribution in [-0.4, -0.2) is 12.6 Å². The van der Waals surface area contributed by atoms with Crippen LogP contribution in [-0.2, 0) is 12.8 Å². The summed E-state index contributed by atoms with van der Waals surface area (Å²) in [6.07, 6.45) is 7.90. The molecule has 0 radical (unpaired) electrons. The summed E-state index contributed by atoms with van der Waals surface area (Å²) in [5.74, 6) is 0.968. The third kappa shape index (κ3) is 3.82. The molecule has 1 N–H and O–H groups in total. The molecular weight excluding hydrogens is 226 g/mol. The van der Waals surface area contributed by atoms with Crippen molar-refractivity contribution in [2.75, 3.05) is 6.54 Å². The van der Waals surface area contributed by atoms with E-state index in [2.05, 4.69) is 31.3 Å². The summed E-state index contributed by atoms with van der Waals surface area (Å²) in [5.41, 5.74) is 0. The van der Waals surface area contributed by atoms with Crippen LogP contribution >= 0.6 is 11.3 Å². The molecule has 2 unspecified atom stereocenters. The summed E-state index contributed by atoms with van der Waals surface area (Å²) >= 11 is 2.00. The third-order valence-corrected chi connectivity index (χ3v) is 5.28. The van der Waals surface area contributed by atoms with Gasteiger partial charge in [-0.05, 0) is 56.7 Å². The van der Waals surface area contributed by atoms with Gasteiger partial charge >= 0.3 is 0 Å². The predicted molar refractivity (Wildman–Crippen MR) is 76.8 cm³/mol. The monoisotopic (exact) mass is 251 g/mol. The molecule has 2 atom stereocenters. The molecule has 0 aromatic carbocycles. The number of thiophene rings is 1. The average Bonchev–Trinajstić information content (AvgIpc) is 2.84. The molecule has 1 nitrogen and oxygen atoms in total. The Bertz CT molecular complexity index is 331. The molecule has 1 saturated heterocycles. The third-order valence-electron chi connectivity index (χ3n) is 3.99. The van der Waals surface area contributed by atoms with E-state index in [1.807, 2.05) is 11.3 Å². The SMILES string of the molecule is CCc1ccc(CCC2CC(CC)CCN2)s1. The lowest BCUT2D eigenvalue weighted by atomic mass is 9.88. The van der Waals surface area contributed by atoms with Gasteiger partial charge in [-0.3, -0.25) is 0 Å². The molecule has 1 fully saturated rings. The first-order chi connectivity index (χ1) is 8.31. The highest BCUT2D eigenvalue weighted by Crippen LogP contribution is 2.24. The number of aryl methyl sites for hydroxylation is 2. The fraction of sp³-hybridized carbons (Fsp3) is 0.733. The van der Waals surface area contributed by atoms with Crippen molar-refractivity contribution >= 4 is 11.3 Å². The van der Waals surface area contributed by atoms with Crippen LogP contribution in [0.5, 0.6) is 0 Å². The van der Waals surface area contributed by atoms with Crippen molar-refractivity contribution in [1.82, 2.24) is 5.32 Å². The Morgan fingerprint density at radius 3 is 2.82 bits per heavy atom. The van der Waals surface area contributed by atoms with Crippen molar-refractivity contribution < 1.29 is 0 Å². The second-order valence-electron chi connectivity index (χ2n) is 5.21. The highest BCUT2D eigenvalue weighted by molar-refractivity contribution is 7.11. The first kappa shape index (κ1) is 13.1. The van der Waals surface area contributed by atoms with Crippen molar-refractivity contribution in [3.05, 3.63) is 21.9 Å². The lowest BCUT2D eigenvalue weighted by molar-refractivity contribution is 0.285. The van der Waals surface area contributed by atoms with Gasteiger partial charge in [-0.2, -0.15) is 0 Å². The number of hydrogen-bond acceptors (Lipinski definition) is 2. The van der Waals surface area contributed by atoms with Crippen molar-refractivity contribution in [1.29, 1.82) is 0 Å². The largest absolute Gasteiger partial charge is 0.314 e. The summed E-state index contributed by atoms with van der Waals surface area (Å²) in [4.78, 5) is 3.10. The molecule has 0 amide bonds. The summed E-state index contributed by atoms with van der Waals surface area (Å²) in [5, 5.41) is 3.68. The predicted octanol–water partition coefficient (Wildman–Crippen LogP) is 4.02. The molecule has 1 aliphatic heterocycles. The van der Waals surface area contributed by atoms with E-state index in [0.29, 0.717) is 0 Å². The van der Waals surface area contributed by atoms with Gasteiger partial charge in [0.1, 0.15) is 0 Å². The van der Waals surface area contributed by atoms with E-state index in [1.54, 1.807) is 4.88 Å². The van der Waals surface area contributed by atoms with Crippen LogP contribution in [0.25, 0.3) is 0 Å². The maximum absolute atomic E-state index is 3.68. The van der Waals surface area contributed by atoms with Gasteiger partial charge in [-0.1, -0.05) is 20.3 Å². The van der Waals surface area contributed by atoms with E-state index in [-0.39, 0.29) is 0 Å². The van der Waals surface area contributed by atoms with Gasteiger partial charge in [0.2, 0.25) is 0 Å². The molecule has 1 aliphatic rings. The minimum absolute atomic E-state index is 0.765. The fourth-order valence-electron chi connectivity index (χ4n) is 2.75. The molecule has 1 aromatic rings. The molecule has 96 valence electrons. The summed E-state index contributed by atoms with van der Waals surface area (Å²) < 4.78 is 0. The standard InChI is InChI=1S/C15H25NS/c1-3-12-9-10-16-13(11-12)5-6-15-8-7-14(4-2)17-15/h7-8,12-13,16H,3-6,9-11H2,1-2H3. The van der Waals surface area contributed by atoms with Gasteiger partial charge in [-0.25, -0.2) is 0 Å². The Morgan fingerprint density at radius 2 is 2.12 bits per heavy atom. The topological polar surface area (TPSA) is 12.0 Å². The molecule has 2 rings (SSSR count). The Hall–Kier alpha value is -0.340.